The van der Waals surface area contributed by atoms with Crippen LogP contribution < -0.4 is 4.74 Å². The van der Waals surface area contributed by atoms with Crippen molar-refractivity contribution in [2.75, 3.05) is 26.3 Å². The van der Waals surface area contributed by atoms with Crippen LogP contribution in [0.1, 0.15) is 10.4 Å². The van der Waals surface area contributed by atoms with Crippen molar-refractivity contribution in [3.05, 3.63) is 58.1 Å². The maximum atomic E-state index is 12.6. The third-order valence-electron chi connectivity index (χ3n) is 3.79. The van der Waals surface area contributed by atoms with Crippen LogP contribution in [0.5, 0.6) is 5.75 Å². The summed E-state index contributed by atoms with van der Waals surface area (Å²) in [5, 5.41) is 0.629. The Labute approximate surface area is 161 Å². The van der Waals surface area contributed by atoms with Crippen molar-refractivity contribution >= 4 is 39.2 Å². The van der Waals surface area contributed by atoms with Gasteiger partial charge in [-0.1, -0.05) is 23.2 Å². The fourth-order valence-electron chi connectivity index (χ4n) is 2.42. The fourth-order valence-corrected chi connectivity index (χ4v) is 4.27. The Hall–Kier alpha value is -1.64. The fraction of sp³-hybridized carbons (Fsp3) is 0.235. The lowest BCUT2D eigenvalue weighted by atomic mass is 10.2. The molecule has 6 nitrogen and oxygen atoms in total. The van der Waals surface area contributed by atoms with Crippen molar-refractivity contribution in [2.45, 2.75) is 4.90 Å². The smallest absolute Gasteiger partial charge is 0.343 e. The minimum Gasteiger partial charge on any atom is -0.421 e. The highest BCUT2D eigenvalue weighted by atomic mass is 35.5. The minimum atomic E-state index is -3.61. The van der Waals surface area contributed by atoms with Crippen LogP contribution in [0.4, 0.5) is 0 Å². The Morgan fingerprint density at radius 2 is 1.69 bits per heavy atom. The molecular formula is C17H15Cl2NO5S. The first-order valence-corrected chi connectivity index (χ1v) is 9.93. The largest absolute Gasteiger partial charge is 0.421 e. The molecule has 3 rings (SSSR count). The van der Waals surface area contributed by atoms with Crippen LogP contribution in [0.15, 0.2) is 47.4 Å². The van der Waals surface area contributed by atoms with Crippen LogP contribution in [0.2, 0.25) is 10.0 Å². The van der Waals surface area contributed by atoms with E-state index in [4.69, 9.17) is 32.7 Å². The third-order valence-corrected chi connectivity index (χ3v) is 6.24. The number of esters is 1. The number of hydrogen-bond acceptors (Lipinski definition) is 5. The molecule has 9 heteroatoms. The number of carbonyl (C=O) groups excluding carboxylic acids is 1. The van der Waals surface area contributed by atoms with Crippen molar-refractivity contribution < 1.29 is 22.7 Å². The molecule has 2 aromatic carbocycles. The molecule has 0 spiro atoms. The maximum Gasteiger partial charge on any atom is 0.343 e. The van der Waals surface area contributed by atoms with E-state index < -0.39 is 16.0 Å². The summed E-state index contributed by atoms with van der Waals surface area (Å²) in [5.41, 5.74) is 0.206. The molecule has 1 saturated heterocycles. The first-order valence-electron chi connectivity index (χ1n) is 7.73. The van der Waals surface area contributed by atoms with Gasteiger partial charge >= 0.3 is 5.97 Å². The average Bonchev–Trinajstić information content (AvgIpc) is 2.65. The topological polar surface area (TPSA) is 72.9 Å². The molecule has 0 saturated carbocycles. The number of hydrogen-bond donors (Lipinski definition) is 0. The number of sulfonamides is 1. The summed E-state index contributed by atoms with van der Waals surface area (Å²) in [6.07, 6.45) is 0. The molecule has 0 aliphatic carbocycles. The van der Waals surface area contributed by atoms with Gasteiger partial charge in [0.2, 0.25) is 10.0 Å². The van der Waals surface area contributed by atoms with E-state index in [0.29, 0.717) is 31.3 Å². The zero-order chi connectivity index (χ0) is 18.7. The molecule has 0 bridgehead atoms. The van der Waals surface area contributed by atoms with E-state index in [1.165, 1.54) is 40.7 Å². The SMILES string of the molecule is O=C(Oc1ccc(Cl)cc1Cl)c1ccc(S(=O)(=O)N2CCOCC2)cc1. The molecule has 26 heavy (non-hydrogen) atoms. The van der Waals surface area contributed by atoms with Crippen molar-refractivity contribution in [3.8, 4) is 5.75 Å². The number of benzene rings is 2. The van der Waals surface area contributed by atoms with Gasteiger partial charge in [-0.2, -0.15) is 4.31 Å². The maximum absolute atomic E-state index is 12.6. The number of ether oxygens (including phenoxy) is 2. The zero-order valence-electron chi connectivity index (χ0n) is 13.5. The van der Waals surface area contributed by atoms with Gasteiger partial charge in [-0.3, -0.25) is 0 Å². The summed E-state index contributed by atoms with van der Waals surface area (Å²) in [7, 11) is -3.61. The summed E-state index contributed by atoms with van der Waals surface area (Å²) in [6.45, 7) is 1.35. The van der Waals surface area contributed by atoms with Crippen LogP contribution in [-0.4, -0.2) is 45.0 Å². The molecule has 0 atom stereocenters. The average molecular weight is 416 g/mol. The molecule has 2 aromatic rings. The summed E-state index contributed by atoms with van der Waals surface area (Å²) >= 11 is 11.8. The van der Waals surface area contributed by atoms with E-state index >= 15 is 0 Å². The number of halogens is 2. The van der Waals surface area contributed by atoms with Gasteiger partial charge in [0.15, 0.2) is 0 Å². The molecule has 1 aliphatic heterocycles. The third kappa shape index (κ3) is 4.19. The Bertz CT molecular complexity index is 909. The van der Waals surface area contributed by atoms with Crippen LogP contribution >= 0.6 is 23.2 Å². The normalized spacial score (nSPS) is 15.6. The minimum absolute atomic E-state index is 0.112. The molecule has 0 unspecified atom stereocenters. The van der Waals surface area contributed by atoms with Gasteiger partial charge in [-0.15, -0.1) is 0 Å². The number of rotatable bonds is 4. The van der Waals surface area contributed by atoms with Gasteiger partial charge in [0.05, 0.1) is 28.7 Å². The van der Waals surface area contributed by atoms with E-state index in [-0.39, 0.29) is 21.2 Å². The second kappa shape index (κ2) is 7.94. The first kappa shape index (κ1) is 19.1. The molecule has 1 fully saturated rings. The van der Waals surface area contributed by atoms with E-state index in [2.05, 4.69) is 0 Å². The van der Waals surface area contributed by atoms with Crippen molar-refractivity contribution in [1.29, 1.82) is 0 Å². The first-order chi connectivity index (χ1) is 12.4. The highest BCUT2D eigenvalue weighted by Crippen LogP contribution is 2.28. The van der Waals surface area contributed by atoms with Gasteiger partial charge in [0, 0.05) is 18.1 Å². The van der Waals surface area contributed by atoms with Gasteiger partial charge in [-0.25, -0.2) is 13.2 Å². The second-order valence-corrected chi connectivity index (χ2v) is 8.29. The van der Waals surface area contributed by atoms with Crippen molar-refractivity contribution in [3.63, 3.8) is 0 Å². The molecule has 138 valence electrons. The zero-order valence-corrected chi connectivity index (χ0v) is 15.9. The second-order valence-electron chi connectivity index (χ2n) is 5.51. The highest BCUT2D eigenvalue weighted by molar-refractivity contribution is 7.89. The summed E-state index contributed by atoms with van der Waals surface area (Å²) in [6, 6.07) is 10.1. The predicted molar refractivity (Wildman–Crippen MR) is 97.4 cm³/mol. The van der Waals surface area contributed by atoms with Crippen molar-refractivity contribution in [2.24, 2.45) is 0 Å². The lowest BCUT2D eigenvalue weighted by Gasteiger charge is -2.26. The van der Waals surface area contributed by atoms with E-state index in [1.54, 1.807) is 6.07 Å². The molecule has 0 N–H and O–H groups in total. The number of nitrogens with zero attached hydrogens (tertiary/aromatic N) is 1. The van der Waals surface area contributed by atoms with Gasteiger partial charge < -0.3 is 9.47 Å². The Morgan fingerprint density at radius 1 is 1.04 bits per heavy atom. The standard InChI is InChI=1S/C17H15Cl2NO5S/c18-13-3-6-16(15(19)11-13)25-17(21)12-1-4-14(5-2-12)26(22,23)20-7-9-24-10-8-20/h1-6,11H,7-10H2. The van der Waals surface area contributed by atoms with E-state index in [1.807, 2.05) is 0 Å². The molecule has 0 aromatic heterocycles. The number of carbonyl (C=O) groups is 1. The molecule has 0 radical (unpaired) electrons. The Balaban J connectivity index is 1.75. The van der Waals surface area contributed by atoms with Crippen LogP contribution in [0.25, 0.3) is 0 Å². The van der Waals surface area contributed by atoms with E-state index in [9.17, 15) is 13.2 Å². The summed E-state index contributed by atoms with van der Waals surface area (Å²) < 4.78 is 36.9. The van der Waals surface area contributed by atoms with Crippen LogP contribution in [0, 0.1) is 0 Å². The van der Waals surface area contributed by atoms with Gasteiger partial charge in [0.1, 0.15) is 5.75 Å². The quantitative estimate of drug-likeness (QED) is 0.565. The molecule has 1 aliphatic rings. The van der Waals surface area contributed by atoms with Gasteiger partial charge in [-0.05, 0) is 42.5 Å². The van der Waals surface area contributed by atoms with Crippen molar-refractivity contribution in [1.82, 2.24) is 4.31 Å². The summed E-state index contributed by atoms with van der Waals surface area (Å²) in [4.78, 5) is 12.3. The molecule has 0 amide bonds. The van der Waals surface area contributed by atoms with Crippen LogP contribution in [-0.2, 0) is 14.8 Å². The Kier molecular flexibility index (Phi) is 5.84. The number of morpholine rings is 1. The summed E-state index contributed by atoms with van der Waals surface area (Å²) in [5.74, 6) is -0.476. The molecular weight excluding hydrogens is 401 g/mol. The monoisotopic (exact) mass is 415 g/mol. The van der Waals surface area contributed by atoms with E-state index in [0.717, 1.165) is 0 Å². The highest BCUT2D eigenvalue weighted by Gasteiger charge is 2.26. The lowest BCUT2D eigenvalue weighted by Crippen LogP contribution is -2.40. The molecule has 1 heterocycles. The predicted octanol–water partition coefficient (Wildman–Crippen LogP) is 3.23. The van der Waals surface area contributed by atoms with Gasteiger partial charge in [0.25, 0.3) is 0 Å². The van der Waals surface area contributed by atoms with Crippen LogP contribution in [0.3, 0.4) is 0 Å². The lowest BCUT2D eigenvalue weighted by molar-refractivity contribution is 0.0730. The Morgan fingerprint density at radius 3 is 2.31 bits per heavy atom.